The van der Waals surface area contributed by atoms with Crippen LogP contribution in [0, 0.1) is 0 Å². The molecule has 0 unspecified atom stereocenters. The lowest BCUT2D eigenvalue weighted by atomic mass is 9.84. The maximum absolute atomic E-state index is 6.61. The van der Waals surface area contributed by atoms with Crippen LogP contribution >= 0.6 is 15.9 Å². The number of nitrogens with zero attached hydrogens (tertiary/aromatic N) is 1. The van der Waals surface area contributed by atoms with E-state index >= 15 is 0 Å². The van der Waals surface area contributed by atoms with E-state index in [0.29, 0.717) is 0 Å². The summed E-state index contributed by atoms with van der Waals surface area (Å²) in [6.07, 6.45) is 0. The van der Waals surface area contributed by atoms with Crippen LogP contribution in [0.4, 0.5) is 5.69 Å². The molecule has 0 fully saturated rings. The van der Waals surface area contributed by atoms with E-state index in [-0.39, 0.29) is 16.2 Å². The first-order valence-corrected chi connectivity index (χ1v) is 14.7. The zero-order chi connectivity index (χ0) is 28.2. The molecule has 200 valence electrons. The monoisotopic (exact) mass is 578 g/mol. The van der Waals surface area contributed by atoms with E-state index in [1.807, 2.05) is 0 Å². The summed E-state index contributed by atoms with van der Waals surface area (Å²) in [6.45, 7) is 20.5. The van der Waals surface area contributed by atoms with Gasteiger partial charge in [0.15, 0.2) is 0 Å². The van der Waals surface area contributed by atoms with Crippen LogP contribution < -0.4 is 5.73 Å². The molecule has 0 saturated heterocycles. The van der Waals surface area contributed by atoms with Crippen LogP contribution in [0.3, 0.4) is 0 Å². The molecule has 0 bridgehead atoms. The molecule has 2 aromatic heterocycles. The molecule has 2 heterocycles. The summed E-state index contributed by atoms with van der Waals surface area (Å²) in [5.74, 6) is 0. The summed E-state index contributed by atoms with van der Waals surface area (Å²) in [5.41, 5.74) is 17.6. The topological polar surface area (TPSA) is 30.4 Å². The fourth-order valence-electron chi connectivity index (χ4n) is 5.93. The van der Waals surface area contributed by atoms with Crippen LogP contribution in [0.2, 0.25) is 0 Å². The number of nitrogens with two attached hydrogens (primary N) is 1. The van der Waals surface area contributed by atoms with E-state index in [4.69, 9.17) is 5.73 Å². The van der Waals surface area contributed by atoms with Gasteiger partial charge in [-0.2, -0.15) is 0 Å². The molecule has 0 atom stereocenters. The van der Waals surface area contributed by atoms with Gasteiger partial charge >= 0.3 is 0 Å². The van der Waals surface area contributed by atoms with Crippen molar-refractivity contribution in [3.8, 4) is 11.1 Å². The number of rotatable bonds is 1. The van der Waals surface area contributed by atoms with Crippen molar-refractivity contribution in [2.45, 2.75) is 78.6 Å². The molecule has 0 radical (unpaired) electrons. The number of aromatic nitrogens is 1. The van der Waals surface area contributed by atoms with Crippen molar-refractivity contribution >= 4 is 59.7 Å². The third-order valence-corrected chi connectivity index (χ3v) is 9.08. The Kier molecular flexibility index (Phi) is 5.53. The maximum atomic E-state index is 6.61. The highest BCUT2D eigenvalue weighted by atomic mass is 79.9. The molecular weight excluding hydrogens is 540 g/mol. The molecule has 6 aromatic rings. The standard InChI is InChI=1S/C36H39BrN2/c1-34(2,3)20-10-12-30(38)24(14-20)23-19-32-26(18-29(23)37)28-17-22(36(7,8)9)16-27-25-15-21(35(4,5)6)11-13-31(25)39(32)33(27)28/h10-19H,38H2,1-9H3. The van der Waals surface area contributed by atoms with Gasteiger partial charge in [0.2, 0.25) is 0 Å². The predicted octanol–water partition coefficient (Wildman–Crippen LogP) is 10.7. The van der Waals surface area contributed by atoms with E-state index in [9.17, 15) is 0 Å². The second kappa shape index (κ2) is 8.24. The van der Waals surface area contributed by atoms with Gasteiger partial charge in [-0.3, -0.25) is 0 Å². The summed E-state index contributed by atoms with van der Waals surface area (Å²) < 4.78 is 3.55. The number of benzene rings is 4. The van der Waals surface area contributed by atoms with E-state index in [1.54, 1.807) is 0 Å². The Hall–Kier alpha value is -3.04. The summed E-state index contributed by atoms with van der Waals surface area (Å²) in [5, 5.41) is 5.24. The zero-order valence-corrected chi connectivity index (χ0v) is 26.3. The summed E-state index contributed by atoms with van der Waals surface area (Å²) in [7, 11) is 0. The lowest BCUT2D eigenvalue weighted by molar-refractivity contribution is 0.590. The predicted molar refractivity (Wildman–Crippen MR) is 175 cm³/mol. The largest absolute Gasteiger partial charge is 0.398 e. The Labute approximate surface area is 240 Å². The smallest absolute Gasteiger partial charge is 0.0620 e. The van der Waals surface area contributed by atoms with Gasteiger partial charge in [0.05, 0.1) is 16.6 Å². The zero-order valence-electron chi connectivity index (χ0n) is 24.7. The molecule has 0 aliphatic heterocycles. The molecule has 39 heavy (non-hydrogen) atoms. The van der Waals surface area contributed by atoms with Gasteiger partial charge in [-0.25, -0.2) is 0 Å². The number of hydrogen-bond acceptors (Lipinski definition) is 1. The molecule has 6 rings (SSSR count). The SMILES string of the molecule is CC(C)(C)c1ccc(N)c(-c2cc3c(cc2Br)c2cc(C(C)(C)C)cc4c5cc(C(C)(C)C)ccc5n3c42)c1. The van der Waals surface area contributed by atoms with Crippen molar-refractivity contribution in [3.63, 3.8) is 0 Å². The first kappa shape index (κ1) is 26.2. The van der Waals surface area contributed by atoms with E-state index in [0.717, 1.165) is 21.3 Å². The van der Waals surface area contributed by atoms with Crippen molar-refractivity contribution < 1.29 is 0 Å². The minimum Gasteiger partial charge on any atom is -0.398 e. The molecule has 3 heteroatoms. The second-order valence-corrected chi connectivity index (χ2v) is 15.2. The lowest BCUT2D eigenvalue weighted by Gasteiger charge is -2.21. The Morgan fingerprint density at radius 2 is 1.05 bits per heavy atom. The molecule has 0 aliphatic carbocycles. The molecule has 0 aliphatic rings. The Bertz CT molecular complexity index is 1920. The minimum atomic E-state index is 0.0405. The third-order valence-electron chi connectivity index (χ3n) is 8.42. The van der Waals surface area contributed by atoms with E-state index in [1.165, 1.54) is 54.8 Å². The number of halogens is 1. The first-order chi connectivity index (χ1) is 18.1. The third kappa shape index (κ3) is 4.04. The molecular formula is C36H39BrN2. The average Bonchev–Trinajstić information content (AvgIpc) is 3.32. The Morgan fingerprint density at radius 1 is 0.538 bits per heavy atom. The fraction of sp³-hybridized carbons (Fsp3) is 0.333. The fourth-order valence-corrected chi connectivity index (χ4v) is 6.48. The van der Waals surface area contributed by atoms with Crippen molar-refractivity contribution in [2.24, 2.45) is 0 Å². The van der Waals surface area contributed by atoms with Crippen LogP contribution in [0.15, 0.2) is 65.1 Å². The van der Waals surface area contributed by atoms with Gasteiger partial charge in [-0.05, 0) is 81.5 Å². The number of hydrogen-bond donors (Lipinski definition) is 1. The van der Waals surface area contributed by atoms with Crippen LogP contribution in [0.25, 0.3) is 49.2 Å². The Balaban J connectivity index is 1.77. The van der Waals surface area contributed by atoms with Crippen molar-refractivity contribution in [3.05, 3.63) is 81.8 Å². The number of anilines is 1. The molecule has 4 aromatic carbocycles. The van der Waals surface area contributed by atoms with Crippen molar-refractivity contribution in [2.75, 3.05) is 5.73 Å². The quantitative estimate of drug-likeness (QED) is 0.193. The first-order valence-electron chi connectivity index (χ1n) is 13.9. The highest BCUT2D eigenvalue weighted by Crippen LogP contribution is 2.46. The maximum Gasteiger partial charge on any atom is 0.0620 e. The van der Waals surface area contributed by atoms with E-state index in [2.05, 4.69) is 143 Å². The average molecular weight is 580 g/mol. The molecule has 0 saturated carbocycles. The lowest BCUT2D eigenvalue weighted by Crippen LogP contribution is -2.11. The normalized spacial score (nSPS) is 13.5. The van der Waals surface area contributed by atoms with Gasteiger partial charge in [0.25, 0.3) is 0 Å². The second-order valence-electron chi connectivity index (χ2n) is 14.4. The summed E-state index contributed by atoms with van der Waals surface area (Å²) in [4.78, 5) is 0. The van der Waals surface area contributed by atoms with Gasteiger partial charge in [0.1, 0.15) is 0 Å². The van der Waals surface area contributed by atoms with Crippen LogP contribution in [0.5, 0.6) is 0 Å². The number of nitrogen functional groups attached to an aromatic ring is 1. The summed E-state index contributed by atoms with van der Waals surface area (Å²) >= 11 is 3.95. The molecule has 0 spiro atoms. The molecule has 0 amide bonds. The van der Waals surface area contributed by atoms with Crippen LogP contribution in [-0.2, 0) is 16.2 Å². The van der Waals surface area contributed by atoms with Crippen molar-refractivity contribution in [1.82, 2.24) is 4.40 Å². The van der Waals surface area contributed by atoms with Gasteiger partial charge in [-0.15, -0.1) is 0 Å². The van der Waals surface area contributed by atoms with Crippen molar-refractivity contribution in [1.29, 1.82) is 0 Å². The van der Waals surface area contributed by atoms with E-state index < -0.39 is 0 Å². The van der Waals surface area contributed by atoms with Gasteiger partial charge in [0, 0.05) is 42.8 Å². The van der Waals surface area contributed by atoms with Crippen LogP contribution in [-0.4, -0.2) is 4.40 Å². The molecule has 2 nitrogen and oxygen atoms in total. The highest BCUT2D eigenvalue weighted by Gasteiger charge is 2.25. The summed E-state index contributed by atoms with van der Waals surface area (Å²) in [6, 6.07) is 23.0. The van der Waals surface area contributed by atoms with Crippen LogP contribution in [0.1, 0.15) is 79.0 Å². The van der Waals surface area contributed by atoms with Gasteiger partial charge in [-0.1, -0.05) is 90.4 Å². The minimum absolute atomic E-state index is 0.0405. The van der Waals surface area contributed by atoms with Gasteiger partial charge < -0.3 is 10.1 Å². The Morgan fingerprint density at radius 3 is 1.64 bits per heavy atom. The molecule has 2 N–H and O–H groups in total. The number of fused-ring (bicyclic) bond motifs is 6. The highest BCUT2D eigenvalue weighted by molar-refractivity contribution is 9.10.